The smallest absolute Gasteiger partial charge is 0.337 e. The molecule has 1 saturated carbocycles. The molecule has 1 atom stereocenters. The molecule has 1 aromatic rings. The fourth-order valence-electron chi connectivity index (χ4n) is 2.10. The molecule has 1 aliphatic carbocycles. The summed E-state index contributed by atoms with van der Waals surface area (Å²) >= 11 is 0. The van der Waals surface area contributed by atoms with Gasteiger partial charge in [-0.3, -0.25) is 4.79 Å². The molecule has 1 unspecified atom stereocenters. The van der Waals surface area contributed by atoms with Gasteiger partial charge in [-0.25, -0.2) is 4.79 Å². The second-order valence-corrected chi connectivity index (χ2v) is 4.40. The first-order chi connectivity index (χ1) is 7.59. The number of aromatic carboxylic acids is 1. The van der Waals surface area contributed by atoms with E-state index in [-0.39, 0.29) is 17.2 Å². The number of aromatic nitrogens is 1. The minimum absolute atomic E-state index is 0.0977. The van der Waals surface area contributed by atoms with Crippen LogP contribution in [0, 0.1) is 5.92 Å². The summed E-state index contributed by atoms with van der Waals surface area (Å²) in [5.41, 5.74) is 0.0511. The summed E-state index contributed by atoms with van der Waals surface area (Å²) in [4.78, 5) is 22.5. The molecule has 4 nitrogen and oxygen atoms in total. The summed E-state index contributed by atoms with van der Waals surface area (Å²) in [5.74, 6) is -0.476. The first-order valence-electron chi connectivity index (χ1n) is 5.55. The van der Waals surface area contributed by atoms with Gasteiger partial charge < -0.3 is 9.67 Å². The molecule has 86 valence electrons. The van der Waals surface area contributed by atoms with Gasteiger partial charge in [-0.1, -0.05) is 6.42 Å². The summed E-state index contributed by atoms with van der Waals surface area (Å²) in [6, 6.07) is 2.79. The lowest BCUT2D eigenvalue weighted by atomic mass is 9.80. The van der Waals surface area contributed by atoms with Crippen molar-refractivity contribution in [2.75, 3.05) is 0 Å². The Morgan fingerprint density at radius 1 is 1.50 bits per heavy atom. The molecule has 0 saturated heterocycles. The van der Waals surface area contributed by atoms with Crippen molar-refractivity contribution in [3.63, 3.8) is 0 Å². The van der Waals surface area contributed by atoms with E-state index < -0.39 is 5.97 Å². The van der Waals surface area contributed by atoms with Crippen LogP contribution in [0.2, 0.25) is 0 Å². The van der Waals surface area contributed by atoms with E-state index in [1.165, 1.54) is 24.8 Å². The van der Waals surface area contributed by atoms with E-state index in [2.05, 4.69) is 0 Å². The molecule has 0 aliphatic heterocycles. The van der Waals surface area contributed by atoms with Gasteiger partial charge in [0.1, 0.15) is 0 Å². The van der Waals surface area contributed by atoms with Gasteiger partial charge >= 0.3 is 5.97 Å². The molecule has 1 aliphatic rings. The van der Waals surface area contributed by atoms with Crippen LogP contribution in [0.3, 0.4) is 0 Å². The van der Waals surface area contributed by atoms with Crippen LogP contribution >= 0.6 is 0 Å². The Balaban J connectivity index is 2.34. The van der Waals surface area contributed by atoms with E-state index in [1.54, 1.807) is 4.57 Å². The summed E-state index contributed by atoms with van der Waals surface area (Å²) in [6.45, 7) is 1.98. The molecule has 1 heterocycles. The molecule has 0 amide bonds. The Hall–Kier alpha value is -1.58. The average Bonchev–Trinajstić information content (AvgIpc) is 2.15. The molecule has 4 heteroatoms. The molecular weight excluding hydrogens is 206 g/mol. The van der Waals surface area contributed by atoms with Crippen LogP contribution < -0.4 is 5.56 Å². The normalized spacial score (nSPS) is 17.8. The number of carboxylic acid groups (broad SMARTS) is 1. The van der Waals surface area contributed by atoms with Crippen LogP contribution in [0.4, 0.5) is 0 Å². The van der Waals surface area contributed by atoms with Crippen LogP contribution in [0.1, 0.15) is 42.6 Å². The maximum atomic E-state index is 11.6. The lowest BCUT2D eigenvalue weighted by molar-refractivity contribution is 0.0695. The standard InChI is InChI=1S/C12H15NO3/c1-8(9-3-2-4-9)13-7-10(12(15)16)5-6-11(13)14/h5-9H,2-4H2,1H3,(H,15,16). The van der Waals surface area contributed by atoms with Crippen LogP contribution in [0.15, 0.2) is 23.1 Å². The van der Waals surface area contributed by atoms with Gasteiger partial charge in [0.15, 0.2) is 0 Å². The second kappa shape index (κ2) is 4.12. The molecule has 1 N–H and O–H groups in total. The fraction of sp³-hybridized carbons (Fsp3) is 0.500. The van der Waals surface area contributed by atoms with Crippen molar-refractivity contribution in [3.05, 3.63) is 34.2 Å². The fourth-order valence-corrected chi connectivity index (χ4v) is 2.10. The lowest BCUT2D eigenvalue weighted by Gasteiger charge is -2.32. The minimum Gasteiger partial charge on any atom is -0.478 e. The van der Waals surface area contributed by atoms with Crippen molar-refractivity contribution in [1.29, 1.82) is 0 Å². The molecule has 1 fully saturated rings. The minimum atomic E-state index is -0.991. The van der Waals surface area contributed by atoms with E-state index in [4.69, 9.17) is 5.11 Å². The molecule has 16 heavy (non-hydrogen) atoms. The van der Waals surface area contributed by atoms with Gasteiger partial charge in [-0.05, 0) is 31.7 Å². The van der Waals surface area contributed by atoms with Crippen molar-refractivity contribution in [2.45, 2.75) is 32.2 Å². The highest BCUT2D eigenvalue weighted by molar-refractivity contribution is 5.87. The highest BCUT2D eigenvalue weighted by Gasteiger charge is 2.25. The van der Waals surface area contributed by atoms with Crippen LogP contribution in [-0.2, 0) is 0 Å². The predicted octanol–water partition coefficient (Wildman–Crippen LogP) is 1.91. The maximum absolute atomic E-state index is 11.6. The maximum Gasteiger partial charge on any atom is 0.337 e. The topological polar surface area (TPSA) is 59.3 Å². The van der Waals surface area contributed by atoms with E-state index in [9.17, 15) is 9.59 Å². The summed E-state index contributed by atoms with van der Waals surface area (Å²) in [6.07, 6.45) is 4.92. The molecule has 2 rings (SSSR count). The third-order valence-electron chi connectivity index (χ3n) is 3.46. The highest BCUT2D eigenvalue weighted by Crippen LogP contribution is 2.35. The molecule has 1 aromatic heterocycles. The molecule has 0 spiro atoms. The lowest BCUT2D eigenvalue weighted by Crippen LogP contribution is -2.30. The van der Waals surface area contributed by atoms with Gasteiger partial charge in [0.25, 0.3) is 5.56 Å². The molecule has 0 radical (unpaired) electrons. The number of carboxylic acids is 1. The van der Waals surface area contributed by atoms with E-state index in [1.807, 2.05) is 6.92 Å². The Bertz CT molecular complexity index is 460. The number of rotatable bonds is 3. The Labute approximate surface area is 93.5 Å². The Morgan fingerprint density at radius 2 is 2.19 bits per heavy atom. The monoisotopic (exact) mass is 221 g/mol. The van der Waals surface area contributed by atoms with Gasteiger partial charge in [0, 0.05) is 18.3 Å². The molecule has 0 aromatic carbocycles. The second-order valence-electron chi connectivity index (χ2n) is 4.40. The third-order valence-corrected chi connectivity index (χ3v) is 3.46. The first kappa shape index (κ1) is 10.9. The summed E-state index contributed by atoms with van der Waals surface area (Å²) in [5, 5.41) is 8.88. The zero-order chi connectivity index (χ0) is 11.7. The number of pyridine rings is 1. The largest absolute Gasteiger partial charge is 0.478 e. The van der Waals surface area contributed by atoms with Crippen molar-refractivity contribution >= 4 is 5.97 Å². The average molecular weight is 221 g/mol. The number of nitrogens with zero attached hydrogens (tertiary/aromatic N) is 1. The predicted molar refractivity (Wildman–Crippen MR) is 59.7 cm³/mol. The van der Waals surface area contributed by atoms with Crippen molar-refractivity contribution in [3.8, 4) is 0 Å². The Kier molecular flexibility index (Phi) is 2.81. The number of hydrogen-bond acceptors (Lipinski definition) is 2. The third kappa shape index (κ3) is 1.87. The summed E-state index contributed by atoms with van der Waals surface area (Å²) in [7, 11) is 0. The van der Waals surface area contributed by atoms with Crippen molar-refractivity contribution in [1.82, 2.24) is 4.57 Å². The van der Waals surface area contributed by atoms with Gasteiger partial charge in [0.2, 0.25) is 0 Å². The SMILES string of the molecule is CC(C1CCC1)n1cc(C(=O)O)ccc1=O. The highest BCUT2D eigenvalue weighted by atomic mass is 16.4. The zero-order valence-electron chi connectivity index (χ0n) is 9.22. The van der Waals surface area contributed by atoms with Crippen molar-refractivity contribution < 1.29 is 9.90 Å². The zero-order valence-corrected chi connectivity index (χ0v) is 9.22. The Morgan fingerprint density at radius 3 is 2.69 bits per heavy atom. The number of carbonyl (C=O) groups is 1. The first-order valence-corrected chi connectivity index (χ1v) is 5.55. The summed E-state index contributed by atoms with van der Waals surface area (Å²) < 4.78 is 1.55. The van der Waals surface area contributed by atoms with Crippen molar-refractivity contribution in [2.24, 2.45) is 5.92 Å². The van der Waals surface area contributed by atoms with Crippen LogP contribution in [-0.4, -0.2) is 15.6 Å². The molecule has 0 bridgehead atoms. The number of hydrogen-bond donors (Lipinski definition) is 1. The van der Waals surface area contributed by atoms with E-state index in [0.29, 0.717) is 5.92 Å². The van der Waals surface area contributed by atoms with Gasteiger partial charge in [0.05, 0.1) is 5.56 Å². The van der Waals surface area contributed by atoms with E-state index >= 15 is 0 Å². The molecular formula is C12H15NO3. The van der Waals surface area contributed by atoms with Gasteiger partial charge in [-0.2, -0.15) is 0 Å². The van der Waals surface area contributed by atoms with Crippen LogP contribution in [0.5, 0.6) is 0 Å². The quantitative estimate of drug-likeness (QED) is 0.848. The van der Waals surface area contributed by atoms with Gasteiger partial charge in [-0.15, -0.1) is 0 Å². The van der Waals surface area contributed by atoms with Crippen LogP contribution in [0.25, 0.3) is 0 Å². The van der Waals surface area contributed by atoms with E-state index in [0.717, 1.165) is 12.8 Å².